The van der Waals surface area contributed by atoms with E-state index >= 15 is 0 Å². The van der Waals surface area contributed by atoms with Crippen LogP contribution in [-0.4, -0.2) is 69.0 Å². The SMILES string of the molecule is C=CC(=O)N1CC2(CC(n3nc(-c4ccc(CN5CCCC5=O)cc4)c(C4C(Cl)C(C)CC5NNCC54)c3C)C2)C1. The number of hydrogen-bond acceptors (Lipinski definition) is 5. The van der Waals surface area contributed by atoms with E-state index in [4.69, 9.17) is 16.7 Å². The number of nitrogens with zero attached hydrogens (tertiary/aromatic N) is 4. The van der Waals surface area contributed by atoms with Crippen LogP contribution in [0.2, 0.25) is 0 Å². The molecule has 5 fully saturated rings. The predicted molar refractivity (Wildman–Crippen MR) is 159 cm³/mol. The number of carbonyl (C=O) groups is 2. The average Bonchev–Trinajstić information content (AvgIpc) is 3.63. The van der Waals surface area contributed by atoms with Gasteiger partial charge in [0.05, 0.1) is 11.7 Å². The van der Waals surface area contributed by atoms with Gasteiger partial charge in [-0.3, -0.25) is 25.1 Å². The van der Waals surface area contributed by atoms with Crippen molar-refractivity contribution in [3.05, 3.63) is 53.7 Å². The van der Waals surface area contributed by atoms with E-state index in [2.05, 4.69) is 60.2 Å². The lowest BCUT2D eigenvalue weighted by Gasteiger charge is -2.58. The first-order valence-electron chi connectivity index (χ1n) is 15.3. The van der Waals surface area contributed by atoms with Gasteiger partial charge in [0, 0.05) is 78.7 Å². The lowest BCUT2D eigenvalue weighted by Crippen LogP contribution is -2.63. The largest absolute Gasteiger partial charge is 0.338 e. The monoisotopic (exact) mass is 576 g/mol. The number of hydrogen-bond donors (Lipinski definition) is 2. The van der Waals surface area contributed by atoms with E-state index in [1.807, 2.05) is 9.80 Å². The molecule has 5 atom stereocenters. The second kappa shape index (κ2) is 10.2. The van der Waals surface area contributed by atoms with Crippen molar-refractivity contribution in [3.8, 4) is 11.3 Å². The van der Waals surface area contributed by atoms with Crippen LogP contribution in [0.3, 0.4) is 0 Å². The molecule has 1 aromatic heterocycles. The van der Waals surface area contributed by atoms with Crippen molar-refractivity contribution in [1.82, 2.24) is 30.4 Å². The number of benzene rings is 1. The number of rotatable bonds is 6. The second-order valence-electron chi connectivity index (χ2n) is 13.3. The van der Waals surface area contributed by atoms with E-state index < -0.39 is 0 Å². The summed E-state index contributed by atoms with van der Waals surface area (Å²) >= 11 is 7.30. The van der Waals surface area contributed by atoms with Crippen molar-refractivity contribution in [2.75, 3.05) is 26.2 Å². The minimum absolute atomic E-state index is 0.0318. The van der Waals surface area contributed by atoms with Crippen LogP contribution in [0.4, 0.5) is 0 Å². The molecule has 4 heterocycles. The maximum atomic E-state index is 12.2. The van der Waals surface area contributed by atoms with Gasteiger partial charge in [-0.2, -0.15) is 5.10 Å². The fourth-order valence-corrected chi connectivity index (χ4v) is 8.86. The van der Waals surface area contributed by atoms with Crippen molar-refractivity contribution in [2.24, 2.45) is 17.3 Å². The summed E-state index contributed by atoms with van der Waals surface area (Å²) in [5, 5.41) is 5.38. The number of halogens is 1. The Kier molecular flexibility index (Phi) is 6.79. The third kappa shape index (κ3) is 4.54. The Balaban J connectivity index is 1.21. The molecule has 218 valence electrons. The van der Waals surface area contributed by atoms with E-state index in [0.29, 0.717) is 36.9 Å². The molecule has 8 nitrogen and oxygen atoms in total. The third-order valence-electron chi connectivity index (χ3n) is 10.6. The quantitative estimate of drug-likeness (QED) is 0.399. The Labute approximate surface area is 247 Å². The summed E-state index contributed by atoms with van der Waals surface area (Å²) in [5.74, 6) is 1.27. The van der Waals surface area contributed by atoms with Gasteiger partial charge in [0.2, 0.25) is 11.8 Å². The maximum absolute atomic E-state index is 12.2. The average molecular weight is 577 g/mol. The number of aromatic nitrogens is 2. The van der Waals surface area contributed by atoms with Gasteiger partial charge in [0.15, 0.2) is 0 Å². The summed E-state index contributed by atoms with van der Waals surface area (Å²) in [6.07, 6.45) is 6.18. The van der Waals surface area contributed by atoms with Crippen molar-refractivity contribution < 1.29 is 9.59 Å². The topological polar surface area (TPSA) is 82.5 Å². The molecule has 5 unspecified atom stereocenters. The molecule has 9 heteroatoms. The molecular formula is C32H41ClN6O2. The van der Waals surface area contributed by atoms with Crippen molar-refractivity contribution in [1.29, 1.82) is 0 Å². The van der Waals surface area contributed by atoms with Crippen LogP contribution in [0.5, 0.6) is 0 Å². The summed E-state index contributed by atoms with van der Waals surface area (Å²) in [6.45, 7) is 12.2. The van der Waals surface area contributed by atoms with Gasteiger partial charge in [-0.15, -0.1) is 11.6 Å². The van der Waals surface area contributed by atoms with Gasteiger partial charge in [-0.05, 0) is 56.1 Å². The summed E-state index contributed by atoms with van der Waals surface area (Å²) in [7, 11) is 0. The molecule has 7 rings (SSSR count). The Morgan fingerprint density at radius 1 is 1.24 bits per heavy atom. The highest BCUT2D eigenvalue weighted by Crippen LogP contribution is 2.56. The van der Waals surface area contributed by atoms with Crippen molar-refractivity contribution in [3.63, 3.8) is 0 Å². The van der Waals surface area contributed by atoms with Crippen LogP contribution in [-0.2, 0) is 16.1 Å². The first-order chi connectivity index (χ1) is 19.8. The molecular weight excluding hydrogens is 536 g/mol. The molecule has 1 spiro atoms. The Morgan fingerprint density at radius 2 is 2.00 bits per heavy atom. The Morgan fingerprint density at radius 3 is 2.68 bits per heavy atom. The number of hydrazine groups is 1. The van der Waals surface area contributed by atoms with E-state index in [9.17, 15) is 9.59 Å². The summed E-state index contributed by atoms with van der Waals surface area (Å²) < 4.78 is 2.28. The zero-order valence-corrected chi connectivity index (χ0v) is 24.9. The van der Waals surface area contributed by atoms with Crippen LogP contribution in [0.15, 0.2) is 36.9 Å². The standard InChI is InChI=1S/C32H41ClN6O2/c1-4-26(40)38-17-32(18-38)13-23(14-32)39-20(3)28(29-24-15-34-35-25(24)12-19(2)30(29)33)31(36-39)22-9-7-21(8-10-22)16-37-11-5-6-27(37)41/h4,7-10,19,23-25,29-30,34-35H,1,5-6,11-18H2,2-3H3. The van der Waals surface area contributed by atoms with Crippen LogP contribution in [0, 0.1) is 24.2 Å². The number of nitrogens with one attached hydrogen (secondary N) is 2. The van der Waals surface area contributed by atoms with Gasteiger partial charge in [0.25, 0.3) is 0 Å². The van der Waals surface area contributed by atoms with E-state index in [1.165, 1.54) is 17.3 Å². The number of alkyl halides is 1. The van der Waals surface area contributed by atoms with Crippen LogP contribution in [0.25, 0.3) is 11.3 Å². The van der Waals surface area contributed by atoms with Gasteiger partial charge in [-0.25, -0.2) is 0 Å². The van der Waals surface area contributed by atoms with Gasteiger partial charge >= 0.3 is 0 Å². The van der Waals surface area contributed by atoms with Crippen molar-refractivity contribution >= 4 is 23.4 Å². The molecule has 3 aliphatic heterocycles. The Bertz CT molecular complexity index is 1360. The van der Waals surface area contributed by atoms with Gasteiger partial charge < -0.3 is 9.80 Å². The number of likely N-dealkylation sites (tertiary alicyclic amines) is 2. The fourth-order valence-electron chi connectivity index (χ4n) is 8.44. The molecule has 2 aliphatic carbocycles. The molecule has 41 heavy (non-hydrogen) atoms. The molecule has 1 aromatic carbocycles. The molecule has 0 bridgehead atoms. The summed E-state index contributed by atoms with van der Waals surface area (Å²) in [5.41, 5.74) is 13.0. The predicted octanol–water partition coefficient (Wildman–Crippen LogP) is 4.15. The minimum atomic E-state index is 0.0318. The molecule has 2 N–H and O–H groups in total. The Hall–Kier alpha value is -2.68. The van der Waals surface area contributed by atoms with Crippen molar-refractivity contribution in [2.45, 2.75) is 75.9 Å². The first kappa shape index (κ1) is 27.2. The molecule has 2 amide bonds. The van der Waals surface area contributed by atoms with Crippen LogP contribution in [0.1, 0.15) is 67.8 Å². The number of carbonyl (C=O) groups excluding carboxylic acids is 2. The lowest BCUT2D eigenvalue weighted by molar-refractivity contribution is -0.149. The smallest absolute Gasteiger partial charge is 0.245 e. The number of fused-ring (bicyclic) bond motifs is 1. The van der Waals surface area contributed by atoms with Crippen LogP contribution >= 0.6 is 11.6 Å². The summed E-state index contributed by atoms with van der Waals surface area (Å²) in [6, 6.07) is 9.39. The molecule has 3 saturated heterocycles. The third-order valence-corrected chi connectivity index (χ3v) is 11.3. The zero-order valence-electron chi connectivity index (χ0n) is 24.1. The highest BCUT2D eigenvalue weighted by atomic mass is 35.5. The molecule has 0 radical (unpaired) electrons. The maximum Gasteiger partial charge on any atom is 0.245 e. The highest BCUT2D eigenvalue weighted by Gasteiger charge is 2.55. The van der Waals surface area contributed by atoms with E-state index in [-0.39, 0.29) is 28.5 Å². The highest BCUT2D eigenvalue weighted by molar-refractivity contribution is 6.21. The first-order valence-corrected chi connectivity index (χ1v) is 15.7. The van der Waals surface area contributed by atoms with E-state index in [1.54, 1.807) is 0 Å². The van der Waals surface area contributed by atoms with Gasteiger partial charge in [0.1, 0.15) is 0 Å². The van der Waals surface area contributed by atoms with E-state index in [0.717, 1.165) is 68.7 Å². The molecule has 5 aliphatic rings. The molecule has 2 saturated carbocycles. The second-order valence-corrected chi connectivity index (χ2v) is 13.9. The zero-order chi connectivity index (χ0) is 28.5. The number of amides is 2. The minimum Gasteiger partial charge on any atom is -0.338 e. The fraction of sp³-hybridized carbons (Fsp3) is 0.594. The molecule has 2 aromatic rings. The summed E-state index contributed by atoms with van der Waals surface area (Å²) in [4.78, 5) is 28.1. The van der Waals surface area contributed by atoms with Crippen LogP contribution < -0.4 is 10.9 Å². The lowest BCUT2D eigenvalue weighted by atomic mass is 9.60. The van der Waals surface area contributed by atoms with Gasteiger partial charge in [-0.1, -0.05) is 37.8 Å². The normalized spacial score (nSPS) is 30.8.